The lowest BCUT2D eigenvalue weighted by Gasteiger charge is -2.39. The van der Waals surface area contributed by atoms with Crippen LogP contribution in [-0.2, 0) is 14.3 Å². The number of benzene rings is 1. The molecule has 2 aliphatic heterocycles. The van der Waals surface area contributed by atoms with E-state index in [1.54, 1.807) is 23.4 Å². The first-order valence-corrected chi connectivity index (χ1v) is 14.8. The Balaban J connectivity index is 1.70. The number of amidine groups is 1. The number of likely N-dealkylation sites (tertiary alicyclic amines) is 1. The van der Waals surface area contributed by atoms with Crippen LogP contribution >= 0.6 is 39.0 Å². The van der Waals surface area contributed by atoms with Crippen LogP contribution in [0.1, 0.15) is 30.0 Å². The molecule has 0 amide bonds. The van der Waals surface area contributed by atoms with E-state index in [9.17, 15) is 14.0 Å². The van der Waals surface area contributed by atoms with Crippen molar-refractivity contribution in [3.63, 3.8) is 0 Å². The normalized spacial score (nSPS) is 21.6. The van der Waals surface area contributed by atoms with Crippen LogP contribution in [0.5, 0.6) is 0 Å². The summed E-state index contributed by atoms with van der Waals surface area (Å²) in [4.78, 5) is 34.5. The number of aldehydes is 1. The number of carbonyl (C=O) groups is 2. The van der Waals surface area contributed by atoms with Crippen LogP contribution in [0.3, 0.4) is 0 Å². The van der Waals surface area contributed by atoms with E-state index in [-0.39, 0.29) is 36.7 Å². The highest BCUT2D eigenvalue weighted by Gasteiger charge is 2.45. The molecule has 13 heteroatoms. The van der Waals surface area contributed by atoms with Gasteiger partial charge in [-0.25, -0.2) is 22.9 Å². The number of esters is 1. The smallest absolute Gasteiger partial charge is 0.338 e. The SMILES string of the molecule is CCOC(=O)C1=C(CN2CCC(CSCC=O)C(F)(F)C2)NC(c2nccs2)=N[C@H]1c1ccc(F)cc1Br. The molecule has 204 valence electrons. The van der Waals surface area contributed by atoms with Crippen molar-refractivity contribution in [1.29, 1.82) is 0 Å². The number of nitrogens with one attached hydrogen (secondary N) is 1. The molecule has 0 spiro atoms. The van der Waals surface area contributed by atoms with Crippen LogP contribution < -0.4 is 5.32 Å². The average molecular weight is 632 g/mol. The predicted octanol–water partition coefficient (Wildman–Crippen LogP) is 4.84. The summed E-state index contributed by atoms with van der Waals surface area (Å²) in [6.45, 7) is 1.71. The number of piperidine rings is 1. The second-order valence-corrected chi connectivity index (χ2v) is 11.6. The molecule has 1 N–H and O–H groups in total. The molecule has 2 atom stereocenters. The maximum Gasteiger partial charge on any atom is 0.338 e. The van der Waals surface area contributed by atoms with Crippen LogP contribution in [0.2, 0.25) is 0 Å². The highest BCUT2D eigenvalue weighted by molar-refractivity contribution is 9.10. The largest absolute Gasteiger partial charge is 0.463 e. The maximum absolute atomic E-state index is 15.1. The lowest BCUT2D eigenvalue weighted by Crippen LogP contribution is -2.51. The summed E-state index contributed by atoms with van der Waals surface area (Å²) in [7, 11) is 0. The number of alkyl halides is 2. The predicted molar refractivity (Wildman–Crippen MR) is 145 cm³/mol. The Morgan fingerprint density at radius 3 is 2.89 bits per heavy atom. The minimum atomic E-state index is -2.96. The zero-order valence-corrected chi connectivity index (χ0v) is 23.7. The number of thioether (sulfide) groups is 1. The summed E-state index contributed by atoms with van der Waals surface area (Å²) in [6.07, 6.45) is 2.58. The topological polar surface area (TPSA) is 83.9 Å². The van der Waals surface area contributed by atoms with Crippen LogP contribution in [-0.4, -0.2) is 71.6 Å². The zero-order chi connectivity index (χ0) is 27.3. The molecule has 0 bridgehead atoms. The first-order valence-electron chi connectivity index (χ1n) is 11.9. The Bertz CT molecular complexity index is 1230. The summed E-state index contributed by atoms with van der Waals surface area (Å²) in [5.74, 6) is -4.11. The molecule has 7 nitrogen and oxygen atoms in total. The molecule has 0 aliphatic carbocycles. The Labute approximate surface area is 235 Å². The number of hydrogen-bond acceptors (Lipinski definition) is 9. The van der Waals surface area contributed by atoms with Gasteiger partial charge in [-0.1, -0.05) is 22.0 Å². The van der Waals surface area contributed by atoms with E-state index in [2.05, 4.69) is 26.2 Å². The fourth-order valence-electron chi connectivity index (χ4n) is 4.45. The molecule has 38 heavy (non-hydrogen) atoms. The van der Waals surface area contributed by atoms with Crippen LogP contribution in [0.4, 0.5) is 13.2 Å². The fraction of sp³-hybridized carbons (Fsp3) is 0.440. The lowest BCUT2D eigenvalue weighted by molar-refractivity contribution is -0.139. The molecule has 1 fully saturated rings. The maximum atomic E-state index is 15.1. The summed E-state index contributed by atoms with van der Waals surface area (Å²) < 4.78 is 49.8. The molecule has 2 aromatic rings. The van der Waals surface area contributed by atoms with Gasteiger partial charge in [0, 0.05) is 45.7 Å². The molecule has 1 unspecified atom stereocenters. The Kier molecular flexibility index (Phi) is 9.66. The standard InChI is InChI=1S/C25H26BrF3N4O3S2/c1-2-36-24(35)20-19(12-33-7-5-15(13-37-10-8-34)25(28,29)14-33)31-22(23-30-6-9-38-23)32-21(20)17-4-3-16(27)11-18(17)26/h3-4,6,8-9,11,15,21H,2,5,7,10,12-14H2,1H3,(H,31,32)/t15?,21-/m0/s1. The van der Waals surface area contributed by atoms with Gasteiger partial charge in [0.25, 0.3) is 5.92 Å². The number of hydrogen-bond donors (Lipinski definition) is 1. The highest BCUT2D eigenvalue weighted by atomic mass is 79.9. The second kappa shape index (κ2) is 12.8. The van der Waals surface area contributed by atoms with Crippen molar-refractivity contribution in [2.45, 2.75) is 25.3 Å². The van der Waals surface area contributed by atoms with E-state index in [1.165, 1.54) is 41.3 Å². The minimum Gasteiger partial charge on any atom is -0.463 e. The van der Waals surface area contributed by atoms with Crippen LogP contribution in [0, 0.1) is 11.7 Å². The van der Waals surface area contributed by atoms with Gasteiger partial charge in [0.2, 0.25) is 0 Å². The van der Waals surface area contributed by atoms with Crippen molar-refractivity contribution < 1.29 is 27.5 Å². The molecule has 1 aromatic carbocycles. The molecule has 0 radical (unpaired) electrons. The van der Waals surface area contributed by atoms with Crippen molar-refractivity contribution in [2.75, 3.05) is 37.7 Å². The van der Waals surface area contributed by atoms with E-state index in [0.29, 0.717) is 39.4 Å². The third-order valence-electron chi connectivity index (χ3n) is 6.23. The van der Waals surface area contributed by atoms with Gasteiger partial charge in [0.15, 0.2) is 10.8 Å². The summed E-state index contributed by atoms with van der Waals surface area (Å²) in [5.41, 5.74) is 1.08. The van der Waals surface area contributed by atoms with E-state index in [0.717, 1.165) is 0 Å². The lowest BCUT2D eigenvalue weighted by atomic mass is 9.93. The van der Waals surface area contributed by atoms with Gasteiger partial charge in [-0.2, -0.15) is 11.8 Å². The van der Waals surface area contributed by atoms with Gasteiger partial charge in [-0.05, 0) is 37.6 Å². The molecule has 3 heterocycles. The van der Waals surface area contributed by atoms with Crippen molar-refractivity contribution in [3.05, 3.63) is 61.9 Å². The minimum absolute atomic E-state index is 0.0254. The first-order chi connectivity index (χ1) is 18.2. The molecule has 0 saturated carbocycles. The molecule has 4 rings (SSSR count). The number of thiazole rings is 1. The van der Waals surface area contributed by atoms with Crippen molar-refractivity contribution in [2.24, 2.45) is 10.9 Å². The van der Waals surface area contributed by atoms with Gasteiger partial charge >= 0.3 is 5.97 Å². The van der Waals surface area contributed by atoms with E-state index in [1.807, 2.05) is 0 Å². The summed E-state index contributed by atoms with van der Waals surface area (Å²) in [6, 6.07) is 3.21. The van der Waals surface area contributed by atoms with Crippen molar-refractivity contribution in [1.82, 2.24) is 15.2 Å². The number of aromatic nitrogens is 1. The average Bonchev–Trinajstić information content (AvgIpc) is 3.40. The molecule has 1 aromatic heterocycles. The van der Waals surface area contributed by atoms with Gasteiger partial charge in [-0.3, -0.25) is 9.89 Å². The third-order valence-corrected chi connectivity index (χ3v) is 8.70. The summed E-state index contributed by atoms with van der Waals surface area (Å²) in [5, 5.41) is 5.50. The van der Waals surface area contributed by atoms with E-state index >= 15 is 8.78 Å². The number of nitrogens with zero attached hydrogens (tertiary/aromatic N) is 3. The van der Waals surface area contributed by atoms with Gasteiger partial charge in [-0.15, -0.1) is 11.3 Å². The van der Waals surface area contributed by atoms with E-state index < -0.39 is 36.2 Å². The Morgan fingerprint density at radius 1 is 1.42 bits per heavy atom. The molecular weight excluding hydrogens is 605 g/mol. The number of halogens is 4. The number of ether oxygens (including phenoxy) is 1. The number of carbonyl (C=O) groups excluding carboxylic acids is 2. The Hall–Kier alpha value is -2.22. The van der Waals surface area contributed by atoms with Gasteiger partial charge in [0.1, 0.15) is 18.1 Å². The first kappa shape index (κ1) is 28.8. The second-order valence-electron chi connectivity index (χ2n) is 8.78. The quantitative estimate of drug-likeness (QED) is 0.228. The van der Waals surface area contributed by atoms with Crippen molar-refractivity contribution in [3.8, 4) is 0 Å². The molecule has 1 saturated heterocycles. The van der Waals surface area contributed by atoms with Gasteiger partial charge in [0.05, 0.1) is 18.7 Å². The van der Waals surface area contributed by atoms with E-state index in [4.69, 9.17) is 9.73 Å². The monoisotopic (exact) mass is 630 g/mol. The number of aliphatic imine (C=N–C) groups is 1. The highest BCUT2D eigenvalue weighted by Crippen LogP contribution is 2.39. The molecule has 2 aliphatic rings. The van der Waals surface area contributed by atoms with Crippen LogP contribution in [0.25, 0.3) is 0 Å². The zero-order valence-electron chi connectivity index (χ0n) is 20.5. The van der Waals surface area contributed by atoms with Crippen LogP contribution in [0.15, 0.2) is 50.5 Å². The van der Waals surface area contributed by atoms with Crippen molar-refractivity contribution >= 4 is 57.1 Å². The third kappa shape index (κ3) is 6.67. The Morgan fingerprint density at radius 2 is 2.24 bits per heavy atom. The fourth-order valence-corrected chi connectivity index (χ4v) is 6.53. The molecular formula is C25H26BrF3N4O3S2. The number of rotatable bonds is 10. The van der Waals surface area contributed by atoms with Gasteiger partial charge < -0.3 is 14.8 Å². The summed E-state index contributed by atoms with van der Waals surface area (Å²) >= 11 is 5.92.